The highest BCUT2D eigenvalue weighted by atomic mass is 79.9. The van der Waals surface area contributed by atoms with Crippen LogP contribution in [0.15, 0.2) is 46.0 Å². The van der Waals surface area contributed by atoms with Crippen molar-refractivity contribution in [1.82, 2.24) is 0 Å². The van der Waals surface area contributed by atoms with E-state index in [1.807, 2.05) is 24.3 Å². The van der Waals surface area contributed by atoms with Crippen molar-refractivity contribution in [3.63, 3.8) is 0 Å². The molecule has 2 aromatic rings. The van der Waals surface area contributed by atoms with Gasteiger partial charge in [-0.3, -0.25) is 5.43 Å². The predicted molar refractivity (Wildman–Crippen MR) is 94.5 cm³/mol. The predicted octanol–water partition coefficient (Wildman–Crippen LogP) is 4.46. The Morgan fingerprint density at radius 3 is 2.74 bits per heavy atom. The second kappa shape index (κ2) is 8.42. The van der Waals surface area contributed by atoms with Gasteiger partial charge in [0.15, 0.2) is 18.1 Å². The van der Waals surface area contributed by atoms with E-state index in [2.05, 4.69) is 26.5 Å². The molecule has 2 aromatic carbocycles. The van der Waals surface area contributed by atoms with Crippen LogP contribution < -0.4 is 14.9 Å². The van der Waals surface area contributed by atoms with Crippen LogP contribution in [0.2, 0.25) is 5.02 Å². The lowest BCUT2D eigenvalue weighted by Gasteiger charge is -2.11. The van der Waals surface area contributed by atoms with Crippen molar-refractivity contribution in [2.45, 2.75) is 0 Å². The molecule has 0 amide bonds. The number of nitrogens with zero attached hydrogens (tertiary/aromatic N) is 2. The average Bonchev–Trinajstić information content (AvgIpc) is 2.55. The Morgan fingerprint density at radius 1 is 1.35 bits per heavy atom. The van der Waals surface area contributed by atoms with Crippen LogP contribution in [-0.2, 0) is 0 Å². The largest absolute Gasteiger partial charge is 0.493 e. The molecule has 0 aliphatic rings. The Morgan fingerprint density at radius 2 is 2.09 bits per heavy atom. The van der Waals surface area contributed by atoms with Crippen LogP contribution in [0, 0.1) is 11.3 Å². The molecule has 0 aliphatic heterocycles. The molecular weight excluding hydrogens is 382 g/mol. The van der Waals surface area contributed by atoms with E-state index in [4.69, 9.17) is 26.3 Å². The molecule has 0 aromatic heterocycles. The fraction of sp³-hybridized carbons (Fsp3) is 0.125. The fourth-order valence-electron chi connectivity index (χ4n) is 1.76. The van der Waals surface area contributed by atoms with E-state index < -0.39 is 0 Å². The number of hydrogen-bond acceptors (Lipinski definition) is 5. The van der Waals surface area contributed by atoms with Gasteiger partial charge in [-0.05, 0) is 57.9 Å². The number of rotatable bonds is 6. The van der Waals surface area contributed by atoms with Crippen LogP contribution in [0.1, 0.15) is 5.56 Å². The third-order valence-corrected chi connectivity index (χ3v) is 3.63. The van der Waals surface area contributed by atoms with Crippen LogP contribution in [-0.4, -0.2) is 19.9 Å². The van der Waals surface area contributed by atoms with Crippen molar-refractivity contribution in [2.24, 2.45) is 5.10 Å². The van der Waals surface area contributed by atoms with Crippen molar-refractivity contribution in [2.75, 3.05) is 19.1 Å². The summed E-state index contributed by atoms with van der Waals surface area (Å²) in [6.45, 7) is -0.0550. The Hall–Kier alpha value is -2.23. The number of nitriles is 1. The molecule has 2 rings (SSSR count). The lowest BCUT2D eigenvalue weighted by Crippen LogP contribution is -1.99. The van der Waals surface area contributed by atoms with Gasteiger partial charge in [0, 0.05) is 5.02 Å². The SMILES string of the molecule is COc1cc(/C=N/Nc2ccc(Cl)cc2)cc(Br)c1OCC#N. The molecule has 0 aliphatic carbocycles. The Labute approximate surface area is 147 Å². The second-order valence-corrected chi connectivity index (χ2v) is 5.65. The minimum Gasteiger partial charge on any atom is -0.493 e. The van der Waals surface area contributed by atoms with Gasteiger partial charge in [0.1, 0.15) is 6.07 Å². The van der Waals surface area contributed by atoms with E-state index in [0.29, 0.717) is 21.0 Å². The summed E-state index contributed by atoms with van der Waals surface area (Å²) in [5.41, 5.74) is 4.54. The van der Waals surface area contributed by atoms with Crippen LogP contribution in [0.5, 0.6) is 11.5 Å². The summed E-state index contributed by atoms with van der Waals surface area (Å²) in [4.78, 5) is 0. The van der Waals surface area contributed by atoms with Gasteiger partial charge < -0.3 is 9.47 Å². The first-order valence-corrected chi connectivity index (χ1v) is 7.73. The number of nitrogens with one attached hydrogen (secondary N) is 1. The summed E-state index contributed by atoms with van der Waals surface area (Å²) < 4.78 is 11.3. The normalized spacial score (nSPS) is 10.3. The average molecular weight is 395 g/mol. The molecule has 5 nitrogen and oxygen atoms in total. The van der Waals surface area contributed by atoms with Crippen molar-refractivity contribution < 1.29 is 9.47 Å². The van der Waals surface area contributed by atoms with Crippen LogP contribution in [0.3, 0.4) is 0 Å². The van der Waals surface area contributed by atoms with E-state index >= 15 is 0 Å². The molecule has 0 fully saturated rings. The molecule has 0 atom stereocenters. The first kappa shape index (κ1) is 17.1. The van der Waals surface area contributed by atoms with Gasteiger partial charge in [-0.1, -0.05) is 11.6 Å². The van der Waals surface area contributed by atoms with Crippen LogP contribution >= 0.6 is 27.5 Å². The highest BCUT2D eigenvalue weighted by Crippen LogP contribution is 2.36. The summed E-state index contributed by atoms with van der Waals surface area (Å²) in [7, 11) is 1.54. The minimum absolute atomic E-state index is 0.0550. The molecule has 0 saturated heterocycles. The molecule has 0 saturated carbocycles. The summed E-state index contributed by atoms with van der Waals surface area (Å²) in [6.07, 6.45) is 1.65. The maximum absolute atomic E-state index is 8.61. The van der Waals surface area contributed by atoms with E-state index in [-0.39, 0.29) is 6.61 Å². The van der Waals surface area contributed by atoms with Gasteiger partial charge in [0.05, 0.1) is 23.5 Å². The smallest absolute Gasteiger partial charge is 0.176 e. The van der Waals surface area contributed by atoms with E-state index in [0.717, 1.165) is 11.3 Å². The molecule has 0 bridgehead atoms. The number of anilines is 1. The number of methoxy groups -OCH3 is 1. The molecule has 0 heterocycles. The topological polar surface area (TPSA) is 66.6 Å². The third kappa shape index (κ3) is 4.88. The molecule has 0 unspecified atom stereocenters. The summed E-state index contributed by atoms with van der Waals surface area (Å²) in [6, 6.07) is 12.7. The molecule has 0 radical (unpaired) electrons. The monoisotopic (exact) mass is 393 g/mol. The molecule has 23 heavy (non-hydrogen) atoms. The maximum atomic E-state index is 8.61. The first-order valence-electron chi connectivity index (χ1n) is 6.56. The zero-order valence-electron chi connectivity index (χ0n) is 12.2. The van der Waals surface area contributed by atoms with Gasteiger partial charge in [-0.15, -0.1) is 0 Å². The number of hydrazone groups is 1. The van der Waals surface area contributed by atoms with E-state index in [1.165, 1.54) is 7.11 Å². The molecule has 118 valence electrons. The van der Waals surface area contributed by atoms with Crippen molar-refractivity contribution >= 4 is 39.4 Å². The number of halogens is 2. The Balaban J connectivity index is 2.13. The van der Waals surface area contributed by atoms with E-state index in [1.54, 1.807) is 24.4 Å². The first-order chi connectivity index (χ1) is 11.1. The molecule has 1 N–H and O–H groups in total. The quantitative estimate of drug-likeness (QED) is 0.580. The zero-order chi connectivity index (χ0) is 16.7. The molecule has 7 heteroatoms. The van der Waals surface area contributed by atoms with Gasteiger partial charge in [-0.25, -0.2) is 0 Å². The van der Waals surface area contributed by atoms with Crippen molar-refractivity contribution in [3.8, 4) is 17.6 Å². The van der Waals surface area contributed by atoms with Gasteiger partial charge >= 0.3 is 0 Å². The highest BCUT2D eigenvalue weighted by Gasteiger charge is 2.10. The Kier molecular flexibility index (Phi) is 6.27. The lowest BCUT2D eigenvalue weighted by atomic mass is 10.2. The van der Waals surface area contributed by atoms with Gasteiger partial charge in [0.2, 0.25) is 0 Å². The Bertz CT molecular complexity index is 742. The summed E-state index contributed by atoms with van der Waals surface area (Å²) in [5.74, 6) is 0.999. The maximum Gasteiger partial charge on any atom is 0.176 e. The summed E-state index contributed by atoms with van der Waals surface area (Å²) in [5, 5.41) is 13.4. The number of ether oxygens (including phenoxy) is 2. The molecular formula is C16H13BrClN3O2. The van der Waals surface area contributed by atoms with Crippen molar-refractivity contribution in [3.05, 3.63) is 51.5 Å². The van der Waals surface area contributed by atoms with Gasteiger partial charge in [0.25, 0.3) is 0 Å². The van der Waals surface area contributed by atoms with E-state index in [9.17, 15) is 0 Å². The zero-order valence-corrected chi connectivity index (χ0v) is 14.6. The third-order valence-electron chi connectivity index (χ3n) is 2.78. The van der Waals surface area contributed by atoms with Crippen LogP contribution in [0.25, 0.3) is 0 Å². The fourth-order valence-corrected chi connectivity index (χ4v) is 2.46. The summed E-state index contributed by atoms with van der Waals surface area (Å²) >= 11 is 9.23. The number of benzene rings is 2. The highest BCUT2D eigenvalue weighted by molar-refractivity contribution is 9.10. The number of hydrogen-bond donors (Lipinski definition) is 1. The second-order valence-electron chi connectivity index (χ2n) is 4.36. The minimum atomic E-state index is -0.0550. The standard InChI is InChI=1S/C16H13BrClN3O2/c1-22-15-9-11(8-14(17)16(15)23-7-6-19)10-20-21-13-4-2-12(18)3-5-13/h2-5,8-10,21H,7H2,1H3/b20-10+. The van der Waals surface area contributed by atoms with Crippen LogP contribution in [0.4, 0.5) is 5.69 Å². The van der Waals surface area contributed by atoms with Gasteiger partial charge in [-0.2, -0.15) is 10.4 Å². The molecule has 0 spiro atoms. The van der Waals surface area contributed by atoms with Crippen molar-refractivity contribution in [1.29, 1.82) is 5.26 Å². The lowest BCUT2D eigenvalue weighted by molar-refractivity contribution is 0.327.